The summed E-state index contributed by atoms with van der Waals surface area (Å²) in [6.45, 7) is 12.1. The summed E-state index contributed by atoms with van der Waals surface area (Å²) in [6, 6.07) is 0. The van der Waals surface area contributed by atoms with Crippen molar-refractivity contribution in [3.05, 3.63) is 24.5 Å². The second-order valence-electron chi connectivity index (χ2n) is 3.45. The SMILES string of the molecule is [CH-]=C1C=CC([Si](C)(C)C)=[O+]1. The van der Waals surface area contributed by atoms with Crippen LogP contribution in [0, 0.1) is 6.58 Å². The highest BCUT2D eigenvalue weighted by Crippen LogP contribution is 2.10. The normalized spacial score (nSPS) is 17.9. The monoisotopic (exact) mass is 152 g/mol. The first-order chi connectivity index (χ1) is 4.50. The summed E-state index contributed by atoms with van der Waals surface area (Å²) in [5.74, 6) is 0.525. The Morgan fingerprint density at radius 2 is 1.90 bits per heavy atom. The lowest BCUT2D eigenvalue weighted by atomic mass is 10.5. The molecule has 1 heterocycles. The van der Waals surface area contributed by atoms with E-state index in [4.69, 9.17) is 11.0 Å². The topological polar surface area (TPSA) is 11.3 Å². The van der Waals surface area contributed by atoms with Crippen LogP contribution in [0.1, 0.15) is 0 Å². The molecule has 0 saturated carbocycles. The van der Waals surface area contributed by atoms with Crippen molar-refractivity contribution < 1.29 is 4.42 Å². The lowest BCUT2D eigenvalue weighted by molar-refractivity contribution is -0.383. The molecule has 54 valence electrons. The molecule has 0 aromatic rings. The van der Waals surface area contributed by atoms with Crippen LogP contribution >= 0.6 is 0 Å². The maximum absolute atomic E-state index is 5.43. The molecule has 0 atom stereocenters. The van der Waals surface area contributed by atoms with Crippen molar-refractivity contribution in [3.63, 3.8) is 0 Å². The van der Waals surface area contributed by atoms with Crippen LogP contribution in [-0.2, 0) is 4.42 Å². The molecule has 0 spiro atoms. The molecule has 0 bridgehead atoms. The Bertz CT molecular complexity index is 218. The molecule has 1 nitrogen and oxygen atoms in total. The molecule has 1 aliphatic rings. The number of carbonyl (C=O) groups excluding carboxylic acids is 1. The Balaban J connectivity index is 2.88. The summed E-state index contributed by atoms with van der Waals surface area (Å²) in [5, 5.41) is 1.07. The standard InChI is InChI=1S/C8H12OSi/c1-7-5-6-8(9-7)10(2,3)4/h1,5-6H,2-4H3. The van der Waals surface area contributed by atoms with Crippen molar-refractivity contribution in [1.29, 1.82) is 0 Å². The third kappa shape index (κ3) is 1.45. The third-order valence-corrected chi connectivity index (χ3v) is 3.11. The molecule has 0 unspecified atom stereocenters. The number of hydrogen-bond acceptors (Lipinski definition) is 0. The first-order valence-electron chi connectivity index (χ1n) is 3.36. The summed E-state index contributed by atoms with van der Waals surface area (Å²) >= 11 is 0. The van der Waals surface area contributed by atoms with Crippen molar-refractivity contribution in [3.8, 4) is 0 Å². The molecule has 0 radical (unpaired) electrons. The van der Waals surface area contributed by atoms with Crippen molar-refractivity contribution in [2.24, 2.45) is 0 Å². The van der Waals surface area contributed by atoms with Crippen LogP contribution in [0.25, 0.3) is 0 Å². The van der Waals surface area contributed by atoms with Gasteiger partial charge in [0, 0.05) is 0 Å². The molecule has 1 aliphatic heterocycles. The predicted molar refractivity (Wildman–Crippen MR) is 45.3 cm³/mol. The van der Waals surface area contributed by atoms with E-state index in [-0.39, 0.29) is 0 Å². The van der Waals surface area contributed by atoms with Crippen LogP contribution in [0.5, 0.6) is 0 Å². The molecular formula is C8H12OSi. The summed E-state index contributed by atoms with van der Waals surface area (Å²) < 4.78 is 5.29. The van der Waals surface area contributed by atoms with E-state index in [9.17, 15) is 0 Å². The lowest BCUT2D eigenvalue weighted by Gasteiger charge is -2.03. The van der Waals surface area contributed by atoms with E-state index in [1.165, 1.54) is 0 Å². The van der Waals surface area contributed by atoms with Crippen molar-refractivity contribution >= 4 is 13.5 Å². The zero-order valence-corrected chi connectivity index (χ0v) is 7.64. The van der Waals surface area contributed by atoms with E-state index in [0.717, 1.165) is 5.41 Å². The summed E-state index contributed by atoms with van der Waals surface area (Å²) in [6.07, 6.45) is 3.79. The fourth-order valence-corrected chi connectivity index (χ4v) is 1.76. The Morgan fingerprint density at radius 3 is 2.10 bits per heavy atom. The minimum Gasteiger partial charge on any atom is -0.263 e. The molecule has 1 rings (SSSR count). The first-order valence-corrected chi connectivity index (χ1v) is 6.86. The van der Waals surface area contributed by atoms with Crippen LogP contribution in [0.15, 0.2) is 17.9 Å². The molecular weight excluding hydrogens is 140 g/mol. The minimum atomic E-state index is -1.26. The molecule has 0 aliphatic carbocycles. The van der Waals surface area contributed by atoms with Gasteiger partial charge < -0.3 is 0 Å². The van der Waals surface area contributed by atoms with Crippen molar-refractivity contribution in [1.82, 2.24) is 0 Å². The molecule has 0 saturated heterocycles. The molecule has 0 aromatic heterocycles. The lowest BCUT2D eigenvalue weighted by Crippen LogP contribution is -2.31. The summed E-state index contributed by atoms with van der Waals surface area (Å²) in [7, 11) is -1.26. The van der Waals surface area contributed by atoms with E-state index in [0.29, 0.717) is 5.76 Å². The molecule has 0 fully saturated rings. The summed E-state index contributed by atoms with van der Waals surface area (Å²) in [5.41, 5.74) is 0. The van der Waals surface area contributed by atoms with Gasteiger partial charge in [-0.1, -0.05) is 19.6 Å². The van der Waals surface area contributed by atoms with Gasteiger partial charge in [0.05, 0.1) is 0 Å². The van der Waals surface area contributed by atoms with Crippen LogP contribution in [0.3, 0.4) is 0 Å². The van der Waals surface area contributed by atoms with Gasteiger partial charge in [-0.3, -0.25) is 4.42 Å². The van der Waals surface area contributed by atoms with Gasteiger partial charge in [-0.25, -0.2) is 0 Å². The Morgan fingerprint density at radius 1 is 1.30 bits per heavy atom. The van der Waals surface area contributed by atoms with Crippen LogP contribution in [0.2, 0.25) is 19.6 Å². The Labute approximate surface area is 62.8 Å². The number of rotatable bonds is 1. The summed E-state index contributed by atoms with van der Waals surface area (Å²) in [4.78, 5) is 0. The van der Waals surface area contributed by atoms with Gasteiger partial charge in [0.15, 0.2) is 13.8 Å². The van der Waals surface area contributed by atoms with E-state index in [2.05, 4.69) is 19.6 Å². The number of hydrogen-bond donors (Lipinski definition) is 0. The van der Waals surface area contributed by atoms with E-state index < -0.39 is 8.07 Å². The average Bonchev–Trinajstić information content (AvgIpc) is 2.11. The van der Waals surface area contributed by atoms with Crippen molar-refractivity contribution in [2.45, 2.75) is 19.6 Å². The van der Waals surface area contributed by atoms with E-state index in [1.54, 1.807) is 0 Å². The van der Waals surface area contributed by atoms with Crippen molar-refractivity contribution in [2.75, 3.05) is 0 Å². The second-order valence-corrected chi connectivity index (χ2v) is 8.44. The van der Waals surface area contributed by atoms with Gasteiger partial charge in [-0.15, -0.1) is 6.08 Å². The molecule has 0 amide bonds. The maximum atomic E-state index is 5.43. The molecule has 10 heavy (non-hydrogen) atoms. The smallest absolute Gasteiger partial charge is 0.263 e. The zero-order valence-electron chi connectivity index (χ0n) is 6.64. The fraction of sp³-hybridized carbons (Fsp3) is 0.375. The van der Waals surface area contributed by atoms with Gasteiger partial charge in [0.25, 0.3) is 5.41 Å². The van der Waals surface area contributed by atoms with E-state index in [1.807, 2.05) is 12.2 Å². The third-order valence-electron chi connectivity index (χ3n) is 1.37. The van der Waals surface area contributed by atoms with Gasteiger partial charge in [-0.05, 0) is 6.08 Å². The van der Waals surface area contributed by atoms with Gasteiger partial charge >= 0.3 is 0 Å². The molecule has 0 aromatic carbocycles. The average molecular weight is 152 g/mol. The zero-order chi connectivity index (χ0) is 7.78. The fourth-order valence-electron chi connectivity index (χ4n) is 0.756. The minimum absolute atomic E-state index is 0.525. The highest BCUT2D eigenvalue weighted by Gasteiger charge is 2.31. The highest BCUT2D eigenvalue weighted by atomic mass is 28.3. The van der Waals surface area contributed by atoms with Gasteiger partial charge in [0.1, 0.15) is 0 Å². The molecule has 2 heteroatoms. The quantitative estimate of drug-likeness (QED) is 0.309. The predicted octanol–water partition coefficient (Wildman–Crippen LogP) is 1.86. The first kappa shape index (κ1) is 7.47. The van der Waals surface area contributed by atoms with Gasteiger partial charge in [-0.2, -0.15) is 6.58 Å². The van der Waals surface area contributed by atoms with Crippen LogP contribution < -0.4 is 0 Å². The number of allylic oxidation sites excluding steroid dienone is 2. The maximum Gasteiger partial charge on any atom is 0.271 e. The van der Waals surface area contributed by atoms with Crippen LogP contribution in [0.4, 0.5) is 0 Å². The highest BCUT2D eigenvalue weighted by molar-refractivity contribution is 7.05. The second kappa shape index (κ2) is 2.20. The van der Waals surface area contributed by atoms with Crippen LogP contribution in [-0.4, -0.2) is 13.5 Å². The van der Waals surface area contributed by atoms with Gasteiger partial charge in [0.2, 0.25) is 0 Å². The molecule has 0 N–H and O–H groups in total. The largest absolute Gasteiger partial charge is 0.271 e. The Kier molecular flexibility index (Phi) is 1.64. The van der Waals surface area contributed by atoms with E-state index >= 15 is 0 Å². The Hall–Kier alpha value is -0.633.